The number of carbonyl (C=O) groups is 1. The van der Waals surface area contributed by atoms with E-state index in [0.29, 0.717) is 18.9 Å². The smallest absolute Gasteiger partial charge is 0.258 e. The molecule has 3 N–H and O–H groups in total. The van der Waals surface area contributed by atoms with Crippen molar-refractivity contribution in [1.82, 2.24) is 9.97 Å². The van der Waals surface area contributed by atoms with E-state index < -0.39 is 0 Å². The Kier molecular flexibility index (Phi) is 3.23. The number of aromatic amines is 1. The molecule has 0 radical (unpaired) electrons. The average molecular weight is 271 g/mol. The Labute approximate surface area is 116 Å². The van der Waals surface area contributed by atoms with Crippen molar-refractivity contribution in [2.45, 2.75) is 19.8 Å². The summed E-state index contributed by atoms with van der Waals surface area (Å²) < 4.78 is 0. The molecular formula is C14H17N5O. The number of nitrogens with zero attached hydrogens (tertiary/aromatic N) is 3. The molecule has 0 aliphatic carbocycles. The fraction of sp³-hybridized carbons (Fsp3) is 0.357. The van der Waals surface area contributed by atoms with Gasteiger partial charge in [0.15, 0.2) is 0 Å². The van der Waals surface area contributed by atoms with Crippen LogP contribution in [-0.4, -0.2) is 28.1 Å². The van der Waals surface area contributed by atoms with Gasteiger partial charge in [-0.2, -0.15) is 10.1 Å². The number of para-hydroxylation sites is 2. The van der Waals surface area contributed by atoms with Crippen molar-refractivity contribution in [2.24, 2.45) is 16.8 Å². The van der Waals surface area contributed by atoms with Crippen LogP contribution in [0.2, 0.25) is 0 Å². The highest BCUT2D eigenvalue weighted by molar-refractivity contribution is 6.15. The lowest BCUT2D eigenvalue weighted by Gasteiger charge is -2.10. The summed E-state index contributed by atoms with van der Waals surface area (Å²) in [6, 6.07) is 7.66. The first-order valence-corrected chi connectivity index (χ1v) is 6.80. The van der Waals surface area contributed by atoms with Gasteiger partial charge in [0.1, 0.15) is 0 Å². The van der Waals surface area contributed by atoms with Crippen molar-refractivity contribution in [2.75, 3.05) is 11.6 Å². The van der Waals surface area contributed by atoms with Crippen molar-refractivity contribution in [3.05, 3.63) is 24.3 Å². The molecule has 2 aromatic rings. The average Bonchev–Trinajstić information content (AvgIpc) is 3.01. The number of rotatable bonds is 4. The highest BCUT2D eigenvalue weighted by Crippen LogP contribution is 2.26. The Bertz CT molecular complexity index is 642. The molecule has 1 aliphatic rings. The van der Waals surface area contributed by atoms with Gasteiger partial charge in [0.25, 0.3) is 5.91 Å². The number of hydrogen-bond donors (Lipinski definition) is 2. The lowest BCUT2D eigenvalue weighted by Crippen LogP contribution is -2.29. The number of fused-ring (bicyclic) bond motifs is 1. The standard InChI is InChI=1S/C14H17N5O/c1-2-10-9(7-8-15)13(20)19(18-10)14-16-11-5-3-4-6-12(11)17-14/h3-6,9H,2,7-8,15H2,1H3,(H,16,17). The van der Waals surface area contributed by atoms with E-state index >= 15 is 0 Å². The molecule has 0 saturated heterocycles. The molecule has 6 nitrogen and oxygen atoms in total. The minimum atomic E-state index is -0.210. The van der Waals surface area contributed by atoms with Crippen LogP contribution in [0.5, 0.6) is 0 Å². The number of nitrogens with two attached hydrogens (primary N) is 1. The molecule has 3 rings (SSSR count). The van der Waals surface area contributed by atoms with Gasteiger partial charge in [-0.15, -0.1) is 0 Å². The number of H-pyrrole nitrogens is 1. The summed E-state index contributed by atoms with van der Waals surface area (Å²) in [5.41, 5.74) is 8.18. The maximum atomic E-state index is 12.4. The van der Waals surface area contributed by atoms with E-state index in [0.717, 1.165) is 23.2 Å². The fourth-order valence-electron chi connectivity index (χ4n) is 2.50. The van der Waals surface area contributed by atoms with Gasteiger partial charge in [0, 0.05) is 0 Å². The van der Waals surface area contributed by atoms with E-state index in [4.69, 9.17) is 5.73 Å². The van der Waals surface area contributed by atoms with Crippen LogP contribution >= 0.6 is 0 Å². The van der Waals surface area contributed by atoms with Crippen LogP contribution < -0.4 is 10.7 Å². The summed E-state index contributed by atoms with van der Waals surface area (Å²) in [5.74, 6) is 0.214. The van der Waals surface area contributed by atoms with Crippen LogP contribution in [0.15, 0.2) is 29.4 Å². The number of nitrogens with one attached hydrogen (secondary N) is 1. The zero-order chi connectivity index (χ0) is 14.1. The van der Waals surface area contributed by atoms with E-state index in [2.05, 4.69) is 15.1 Å². The first-order chi connectivity index (χ1) is 9.74. The van der Waals surface area contributed by atoms with E-state index in [-0.39, 0.29) is 11.8 Å². The van der Waals surface area contributed by atoms with Crippen LogP contribution in [-0.2, 0) is 4.79 Å². The Hall–Kier alpha value is -2.21. The number of anilines is 1. The molecular weight excluding hydrogens is 254 g/mol. The third kappa shape index (κ3) is 1.98. The summed E-state index contributed by atoms with van der Waals surface area (Å²) in [7, 11) is 0. The number of hydrogen-bond acceptors (Lipinski definition) is 4. The lowest BCUT2D eigenvalue weighted by atomic mass is 9.98. The van der Waals surface area contributed by atoms with Crippen molar-refractivity contribution < 1.29 is 4.79 Å². The molecule has 2 heterocycles. The second-order valence-corrected chi connectivity index (χ2v) is 4.80. The third-order valence-electron chi connectivity index (χ3n) is 3.53. The van der Waals surface area contributed by atoms with Crippen LogP contribution in [0.4, 0.5) is 5.95 Å². The SMILES string of the molecule is CCC1=NN(c2nc3ccccc3[nH]2)C(=O)C1CCN. The number of imidazole rings is 1. The Balaban J connectivity index is 1.97. The Morgan fingerprint density at radius 2 is 2.20 bits per heavy atom. The minimum absolute atomic E-state index is 0.0497. The van der Waals surface area contributed by atoms with Crippen molar-refractivity contribution in [3.63, 3.8) is 0 Å². The van der Waals surface area contributed by atoms with E-state index in [1.807, 2.05) is 31.2 Å². The summed E-state index contributed by atoms with van der Waals surface area (Å²) in [4.78, 5) is 20.0. The van der Waals surface area contributed by atoms with Crippen LogP contribution in [0.3, 0.4) is 0 Å². The van der Waals surface area contributed by atoms with Crippen molar-refractivity contribution >= 4 is 28.6 Å². The Morgan fingerprint density at radius 1 is 1.40 bits per heavy atom. The van der Waals surface area contributed by atoms with Gasteiger partial charge in [-0.1, -0.05) is 19.1 Å². The van der Waals surface area contributed by atoms with Gasteiger partial charge in [-0.05, 0) is 31.5 Å². The Morgan fingerprint density at radius 3 is 2.90 bits per heavy atom. The van der Waals surface area contributed by atoms with Gasteiger partial charge in [0.2, 0.25) is 5.95 Å². The monoisotopic (exact) mass is 271 g/mol. The molecule has 0 saturated carbocycles. The molecule has 1 amide bonds. The van der Waals surface area contributed by atoms with E-state index in [1.165, 1.54) is 5.01 Å². The summed E-state index contributed by atoms with van der Waals surface area (Å²) in [5, 5.41) is 5.78. The van der Waals surface area contributed by atoms with Crippen LogP contribution in [0.1, 0.15) is 19.8 Å². The quantitative estimate of drug-likeness (QED) is 0.886. The first kappa shape index (κ1) is 12.8. The van der Waals surface area contributed by atoms with Crippen molar-refractivity contribution in [3.8, 4) is 0 Å². The highest BCUT2D eigenvalue weighted by atomic mass is 16.2. The minimum Gasteiger partial charge on any atom is -0.330 e. The lowest BCUT2D eigenvalue weighted by molar-refractivity contribution is -0.119. The maximum Gasteiger partial charge on any atom is 0.258 e. The van der Waals surface area contributed by atoms with Gasteiger partial charge in [0.05, 0.1) is 22.7 Å². The molecule has 1 atom stereocenters. The van der Waals surface area contributed by atoms with Crippen LogP contribution in [0.25, 0.3) is 11.0 Å². The molecule has 6 heteroatoms. The fourth-order valence-corrected chi connectivity index (χ4v) is 2.50. The summed E-state index contributed by atoms with van der Waals surface area (Å²) >= 11 is 0. The van der Waals surface area contributed by atoms with Gasteiger partial charge >= 0.3 is 0 Å². The normalized spacial score (nSPS) is 18.9. The molecule has 20 heavy (non-hydrogen) atoms. The highest BCUT2D eigenvalue weighted by Gasteiger charge is 2.36. The largest absolute Gasteiger partial charge is 0.330 e. The number of amides is 1. The molecule has 0 spiro atoms. The predicted molar refractivity (Wildman–Crippen MR) is 78.5 cm³/mol. The van der Waals surface area contributed by atoms with Gasteiger partial charge < -0.3 is 10.7 Å². The summed E-state index contributed by atoms with van der Waals surface area (Å²) in [6.07, 6.45) is 1.37. The molecule has 1 aromatic heterocycles. The zero-order valence-corrected chi connectivity index (χ0v) is 11.3. The topological polar surface area (TPSA) is 87.4 Å². The number of hydrazone groups is 1. The second-order valence-electron chi connectivity index (χ2n) is 4.80. The second kappa shape index (κ2) is 5.05. The van der Waals surface area contributed by atoms with E-state index in [1.54, 1.807) is 0 Å². The third-order valence-corrected chi connectivity index (χ3v) is 3.53. The van der Waals surface area contributed by atoms with Crippen LogP contribution in [0, 0.1) is 5.92 Å². The number of carbonyl (C=O) groups excluding carboxylic acids is 1. The first-order valence-electron chi connectivity index (χ1n) is 6.80. The van der Waals surface area contributed by atoms with Gasteiger partial charge in [-0.3, -0.25) is 4.79 Å². The predicted octanol–water partition coefficient (Wildman–Crippen LogP) is 1.64. The molecule has 104 valence electrons. The summed E-state index contributed by atoms with van der Waals surface area (Å²) in [6.45, 7) is 2.47. The number of benzene rings is 1. The maximum absolute atomic E-state index is 12.4. The molecule has 0 bridgehead atoms. The molecule has 1 aliphatic heterocycles. The number of aromatic nitrogens is 2. The zero-order valence-electron chi connectivity index (χ0n) is 11.3. The van der Waals surface area contributed by atoms with E-state index in [9.17, 15) is 4.79 Å². The van der Waals surface area contributed by atoms with Crippen molar-refractivity contribution in [1.29, 1.82) is 0 Å². The molecule has 1 aromatic carbocycles. The molecule has 0 fully saturated rings. The molecule has 1 unspecified atom stereocenters. The van der Waals surface area contributed by atoms with Gasteiger partial charge in [-0.25, -0.2) is 4.98 Å².